The molecular weight excluding hydrogens is 144 g/mol. The third-order valence-electron chi connectivity index (χ3n) is 1.83. The summed E-state index contributed by atoms with van der Waals surface area (Å²) in [4.78, 5) is 0. The highest BCUT2D eigenvalue weighted by atomic mass is 14.0. The second-order valence-electron chi connectivity index (χ2n) is 2.80. The van der Waals surface area contributed by atoms with Crippen molar-refractivity contribution in [2.75, 3.05) is 0 Å². The smallest absolute Gasteiger partial charge is 0.0230 e. The van der Waals surface area contributed by atoms with Gasteiger partial charge in [-0.15, -0.1) is 6.58 Å². The Morgan fingerprint density at radius 3 is 2.50 bits per heavy atom. The Balaban J connectivity index is 2.59. The van der Waals surface area contributed by atoms with E-state index in [0.717, 1.165) is 12.8 Å². The van der Waals surface area contributed by atoms with Crippen LogP contribution in [0.15, 0.2) is 49.6 Å². The van der Waals surface area contributed by atoms with Gasteiger partial charge in [-0.2, -0.15) is 0 Å². The summed E-state index contributed by atoms with van der Waals surface area (Å²) in [6.07, 6.45) is 3.94. The zero-order valence-electron chi connectivity index (χ0n) is 7.29. The molecule has 0 heteroatoms. The molecule has 12 heavy (non-hydrogen) atoms. The summed E-state index contributed by atoms with van der Waals surface area (Å²) in [5, 5.41) is 0. The number of benzene rings is 1. The Morgan fingerprint density at radius 1 is 1.25 bits per heavy atom. The maximum Gasteiger partial charge on any atom is -0.0230 e. The summed E-state index contributed by atoms with van der Waals surface area (Å²) in [7, 11) is 0. The SMILES string of the molecule is C=CCCC(=C)c1ccccc1. The second-order valence-corrected chi connectivity index (χ2v) is 2.80. The summed E-state index contributed by atoms with van der Waals surface area (Å²) < 4.78 is 0. The van der Waals surface area contributed by atoms with Gasteiger partial charge in [-0.05, 0) is 24.0 Å². The van der Waals surface area contributed by atoms with E-state index >= 15 is 0 Å². The van der Waals surface area contributed by atoms with Crippen LogP contribution >= 0.6 is 0 Å². The molecule has 0 bridgehead atoms. The summed E-state index contributed by atoms with van der Waals surface area (Å²) >= 11 is 0. The Labute approximate surface area is 74.2 Å². The average Bonchev–Trinajstić information content (AvgIpc) is 2.15. The van der Waals surface area contributed by atoms with E-state index in [9.17, 15) is 0 Å². The van der Waals surface area contributed by atoms with Gasteiger partial charge in [0.1, 0.15) is 0 Å². The molecule has 1 rings (SSSR count). The molecule has 1 aromatic carbocycles. The minimum absolute atomic E-state index is 1.01. The molecule has 1 aromatic rings. The van der Waals surface area contributed by atoms with Gasteiger partial charge in [0, 0.05) is 0 Å². The van der Waals surface area contributed by atoms with Crippen LogP contribution in [0.1, 0.15) is 18.4 Å². The molecule has 0 heterocycles. The molecular formula is C12H14. The molecule has 0 amide bonds. The molecule has 0 aliphatic heterocycles. The number of rotatable bonds is 4. The predicted molar refractivity (Wildman–Crippen MR) is 54.9 cm³/mol. The van der Waals surface area contributed by atoms with Crippen LogP contribution in [0.4, 0.5) is 0 Å². The number of hydrogen-bond acceptors (Lipinski definition) is 0. The van der Waals surface area contributed by atoms with E-state index in [-0.39, 0.29) is 0 Å². The highest BCUT2D eigenvalue weighted by molar-refractivity contribution is 5.63. The molecule has 62 valence electrons. The molecule has 0 fully saturated rings. The molecule has 0 aliphatic rings. The molecule has 0 atom stereocenters. The zero-order chi connectivity index (χ0) is 8.81. The van der Waals surface area contributed by atoms with Crippen LogP contribution in [0.25, 0.3) is 5.57 Å². The molecule has 0 aliphatic carbocycles. The highest BCUT2D eigenvalue weighted by Gasteiger charge is 1.94. The van der Waals surface area contributed by atoms with E-state index in [1.807, 2.05) is 24.3 Å². The van der Waals surface area contributed by atoms with Gasteiger partial charge in [0.15, 0.2) is 0 Å². The Kier molecular flexibility index (Phi) is 3.34. The number of hydrogen-bond donors (Lipinski definition) is 0. The average molecular weight is 158 g/mol. The van der Waals surface area contributed by atoms with E-state index < -0.39 is 0 Å². The molecule has 0 N–H and O–H groups in total. The zero-order valence-corrected chi connectivity index (χ0v) is 7.29. The lowest BCUT2D eigenvalue weighted by molar-refractivity contribution is 1.08. The third kappa shape index (κ3) is 2.39. The third-order valence-corrected chi connectivity index (χ3v) is 1.83. The maximum absolute atomic E-state index is 4.01. The van der Waals surface area contributed by atoms with E-state index in [1.165, 1.54) is 11.1 Å². The molecule has 0 unspecified atom stereocenters. The monoisotopic (exact) mass is 158 g/mol. The maximum atomic E-state index is 4.01. The lowest BCUT2D eigenvalue weighted by atomic mass is 10.0. The van der Waals surface area contributed by atoms with E-state index in [2.05, 4.69) is 25.3 Å². The van der Waals surface area contributed by atoms with Crippen LogP contribution in [-0.2, 0) is 0 Å². The Morgan fingerprint density at radius 2 is 1.92 bits per heavy atom. The standard InChI is InChI=1S/C12H14/c1-3-4-8-11(2)12-9-6-5-7-10-12/h3,5-7,9-10H,1-2,4,8H2. The fourth-order valence-corrected chi connectivity index (χ4v) is 1.09. The van der Waals surface area contributed by atoms with Gasteiger partial charge in [-0.25, -0.2) is 0 Å². The lowest BCUT2D eigenvalue weighted by Gasteiger charge is -2.02. The first-order valence-electron chi connectivity index (χ1n) is 4.18. The first-order chi connectivity index (χ1) is 5.84. The van der Waals surface area contributed by atoms with Crippen molar-refractivity contribution in [2.24, 2.45) is 0 Å². The molecule has 0 aromatic heterocycles. The predicted octanol–water partition coefficient (Wildman–Crippen LogP) is 3.67. The van der Waals surface area contributed by atoms with Crippen molar-refractivity contribution >= 4 is 5.57 Å². The van der Waals surface area contributed by atoms with Crippen LogP contribution < -0.4 is 0 Å². The van der Waals surface area contributed by atoms with Crippen molar-refractivity contribution in [1.82, 2.24) is 0 Å². The quantitative estimate of drug-likeness (QED) is 0.586. The van der Waals surface area contributed by atoms with Crippen molar-refractivity contribution in [3.8, 4) is 0 Å². The van der Waals surface area contributed by atoms with E-state index in [1.54, 1.807) is 0 Å². The van der Waals surface area contributed by atoms with Crippen molar-refractivity contribution < 1.29 is 0 Å². The minimum atomic E-state index is 1.01. The van der Waals surface area contributed by atoms with Gasteiger partial charge >= 0.3 is 0 Å². The van der Waals surface area contributed by atoms with Gasteiger partial charge in [-0.1, -0.05) is 43.0 Å². The molecule has 0 saturated heterocycles. The van der Waals surface area contributed by atoms with E-state index in [4.69, 9.17) is 0 Å². The van der Waals surface area contributed by atoms with Gasteiger partial charge in [0.2, 0.25) is 0 Å². The normalized spacial score (nSPS) is 9.33. The second kappa shape index (κ2) is 4.55. The minimum Gasteiger partial charge on any atom is -0.103 e. The van der Waals surface area contributed by atoms with Crippen LogP contribution in [-0.4, -0.2) is 0 Å². The fourth-order valence-electron chi connectivity index (χ4n) is 1.09. The van der Waals surface area contributed by atoms with Crippen molar-refractivity contribution in [1.29, 1.82) is 0 Å². The highest BCUT2D eigenvalue weighted by Crippen LogP contribution is 2.16. The molecule has 0 radical (unpaired) electrons. The van der Waals surface area contributed by atoms with Gasteiger partial charge < -0.3 is 0 Å². The van der Waals surface area contributed by atoms with Crippen molar-refractivity contribution in [3.05, 3.63) is 55.1 Å². The Hall–Kier alpha value is -1.30. The molecule has 0 nitrogen and oxygen atoms in total. The Bertz CT molecular complexity index is 257. The van der Waals surface area contributed by atoms with Crippen LogP contribution in [0.5, 0.6) is 0 Å². The largest absolute Gasteiger partial charge is 0.103 e. The van der Waals surface area contributed by atoms with Crippen LogP contribution in [0.3, 0.4) is 0 Å². The molecule has 0 spiro atoms. The van der Waals surface area contributed by atoms with Gasteiger partial charge in [0.05, 0.1) is 0 Å². The fraction of sp³-hybridized carbons (Fsp3) is 0.167. The first kappa shape index (κ1) is 8.79. The molecule has 0 saturated carbocycles. The van der Waals surface area contributed by atoms with Crippen molar-refractivity contribution in [3.63, 3.8) is 0 Å². The van der Waals surface area contributed by atoms with Crippen LogP contribution in [0, 0.1) is 0 Å². The van der Waals surface area contributed by atoms with Gasteiger partial charge in [0.25, 0.3) is 0 Å². The topological polar surface area (TPSA) is 0 Å². The summed E-state index contributed by atoms with van der Waals surface area (Å²) in [5.74, 6) is 0. The van der Waals surface area contributed by atoms with E-state index in [0.29, 0.717) is 0 Å². The summed E-state index contributed by atoms with van der Waals surface area (Å²) in [6, 6.07) is 10.3. The van der Waals surface area contributed by atoms with Crippen LogP contribution in [0.2, 0.25) is 0 Å². The first-order valence-corrected chi connectivity index (χ1v) is 4.18. The lowest BCUT2D eigenvalue weighted by Crippen LogP contribution is -1.80. The number of allylic oxidation sites excluding steroid dienone is 2. The van der Waals surface area contributed by atoms with Gasteiger partial charge in [-0.3, -0.25) is 0 Å². The van der Waals surface area contributed by atoms with Crippen molar-refractivity contribution in [2.45, 2.75) is 12.8 Å². The summed E-state index contributed by atoms with van der Waals surface area (Å²) in [6.45, 7) is 7.70. The summed E-state index contributed by atoms with van der Waals surface area (Å²) in [5.41, 5.74) is 2.43.